The van der Waals surface area contributed by atoms with Gasteiger partial charge in [0.05, 0.1) is 16.8 Å². The monoisotopic (exact) mass is 419 g/mol. The summed E-state index contributed by atoms with van der Waals surface area (Å²) in [6.07, 6.45) is 6.87. The number of thiazole rings is 1. The van der Waals surface area contributed by atoms with Crippen molar-refractivity contribution in [2.24, 2.45) is 0 Å². The van der Waals surface area contributed by atoms with Gasteiger partial charge in [-0.3, -0.25) is 14.7 Å². The van der Waals surface area contributed by atoms with Crippen LogP contribution in [0.1, 0.15) is 16.7 Å². The molecule has 0 aliphatic heterocycles. The summed E-state index contributed by atoms with van der Waals surface area (Å²) in [6.45, 7) is 2.36. The van der Waals surface area contributed by atoms with Gasteiger partial charge in [-0.15, -0.1) is 0 Å². The highest BCUT2D eigenvalue weighted by Gasteiger charge is 2.19. The number of hydrogen-bond acceptors (Lipinski definition) is 4. The van der Waals surface area contributed by atoms with Crippen LogP contribution in [0, 0.1) is 6.92 Å². The van der Waals surface area contributed by atoms with E-state index >= 15 is 0 Å². The van der Waals surface area contributed by atoms with Crippen molar-refractivity contribution in [2.75, 3.05) is 4.90 Å². The molecule has 0 saturated carbocycles. The van der Waals surface area contributed by atoms with Gasteiger partial charge in [0.15, 0.2) is 5.13 Å². The number of rotatable bonds is 5. The first-order chi connectivity index (χ1) is 14.1. The van der Waals surface area contributed by atoms with E-state index in [1.165, 1.54) is 11.3 Å². The molecule has 0 atom stereocenters. The second-order valence-electron chi connectivity index (χ2n) is 6.60. The van der Waals surface area contributed by atoms with E-state index in [2.05, 4.69) is 4.98 Å². The molecule has 4 aromatic rings. The maximum atomic E-state index is 13.1. The number of nitrogens with zero attached hydrogens (tertiary/aromatic N) is 3. The largest absolute Gasteiger partial charge is 0.280 e. The number of carbonyl (C=O) groups excluding carboxylic acids is 1. The van der Waals surface area contributed by atoms with Crippen molar-refractivity contribution in [3.63, 3.8) is 0 Å². The van der Waals surface area contributed by atoms with E-state index in [4.69, 9.17) is 16.6 Å². The number of benzene rings is 2. The van der Waals surface area contributed by atoms with E-state index in [0.29, 0.717) is 16.7 Å². The van der Waals surface area contributed by atoms with Crippen LogP contribution in [0.15, 0.2) is 73.1 Å². The molecule has 0 aliphatic carbocycles. The molecular formula is C23H18ClN3OS. The zero-order valence-electron chi connectivity index (χ0n) is 15.7. The van der Waals surface area contributed by atoms with E-state index in [0.717, 1.165) is 26.9 Å². The van der Waals surface area contributed by atoms with Crippen LogP contribution in [0.2, 0.25) is 5.02 Å². The lowest BCUT2D eigenvalue weighted by atomic mass is 10.2. The van der Waals surface area contributed by atoms with E-state index in [1.54, 1.807) is 23.4 Å². The van der Waals surface area contributed by atoms with Crippen molar-refractivity contribution in [2.45, 2.75) is 13.5 Å². The molecule has 4 nitrogen and oxygen atoms in total. The summed E-state index contributed by atoms with van der Waals surface area (Å²) in [6, 6.07) is 17.3. The van der Waals surface area contributed by atoms with Crippen molar-refractivity contribution in [3.05, 3.63) is 94.8 Å². The summed E-state index contributed by atoms with van der Waals surface area (Å²) in [4.78, 5) is 23.7. The van der Waals surface area contributed by atoms with Crippen LogP contribution in [-0.4, -0.2) is 15.9 Å². The minimum absolute atomic E-state index is 0.138. The molecule has 0 saturated heterocycles. The number of aromatic nitrogens is 2. The number of halogens is 1. The number of carbonyl (C=O) groups is 1. The fraction of sp³-hybridized carbons (Fsp3) is 0.0870. The predicted molar refractivity (Wildman–Crippen MR) is 120 cm³/mol. The molecule has 29 heavy (non-hydrogen) atoms. The lowest BCUT2D eigenvalue weighted by molar-refractivity contribution is -0.114. The van der Waals surface area contributed by atoms with Gasteiger partial charge < -0.3 is 0 Å². The third-order valence-electron chi connectivity index (χ3n) is 4.42. The molecule has 0 spiro atoms. The molecule has 1 amide bonds. The van der Waals surface area contributed by atoms with E-state index in [-0.39, 0.29) is 5.91 Å². The summed E-state index contributed by atoms with van der Waals surface area (Å²) in [5.41, 5.74) is 3.76. The van der Waals surface area contributed by atoms with Crippen LogP contribution in [0.5, 0.6) is 0 Å². The molecule has 0 aliphatic rings. The average Bonchev–Trinajstić information content (AvgIpc) is 3.16. The summed E-state index contributed by atoms with van der Waals surface area (Å²) in [5, 5.41) is 1.30. The van der Waals surface area contributed by atoms with Gasteiger partial charge in [0, 0.05) is 23.5 Å². The average molecular weight is 420 g/mol. The predicted octanol–water partition coefficient (Wildman–Crippen LogP) is 5.90. The fourth-order valence-corrected chi connectivity index (χ4v) is 4.42. The van der Waals surface area contributed by atoms with Gasteiger partial charge in [-0.25, -0.2) is 4.98 Å². The Labute approximate surface area is 178 Å². The van der Waals surface area contributed by atoms with E-state index in [9.17, 15) is 4.79 Å². The summed E-state index contributed by atoms with van der Waals surface area (Å²) in [5.74, 6) is -0.138. The third kappa shape index (κ3) is 4.53. The molecule has 0 unspecified atom stereocenters. The molecule has 144 valence electrons. The quantitative estimate of drug-likeness (QED) is 0.378. The van der Waals surface area contributed by atoms with Crippen LogP contribution in [0.25, 0.3) is 16.3 Å². The normalized spacial score (nSPS) is 11.2. The van der Waals surface area contributed by atoms with Gasteiger partial charge in [0.1, 0.15) is 0 Å². The minimum Gasteiger partial charge on any atom is -0.280 e. The fourth-order valence-electron chi connectivity index (χ4n) is 2.99. The Morgan fingerprint density at radius 3 is 2.76 bits per heavy atom. The molecular weight excluding hydrogens is 402 g/mol. The van der Waals surface area contributed by atoms with Crippen LogP contribution in [-0.2, 0) is 11.3 Å². The van der Waals surface area contributed by atoms with Crippen LogP contribution in [0.3, 0.4) is 0 Å². The zero-order chi connectivity index (χ0) is 20.2. The first kappa shape index (κ1) is 19.3. The maximum absolute atomic E-state index is 13.1. The molecule has 6 heteroatoms. The summed E-state index contributed by atoms with van der Waals surface area (Å²) >= 11 is 7.66. The molecule has 2 heterocycles. The molecule has 0 fully saturated rings. The highest BCUT2D eigenvalue weighted by molar-refractivity contribution is 7.22. The lowest BCUT2D eigenvalue weighted by Gasteiger charge is -2.18. The Bertz CT molecular complexity index is 1170. The number of aryl methyl sites for hydroxylation is 1. The SMILES string of the molecule is Cc1cc(Cl)cc2sc(N(Cc3cccnc3)C(=O)/C=C/c3ccccc3)nc12. The number of anilines is 1. The summed E-state index contributed by atoms with van der Waals surface area (Å²) < 4.78 is 0.959. The molecule has 2 aromatic carbocycles. The third-order valence-corrected chi connectivity index (χ3v) is 5.66. The maximum Gasteiger partial charge on any atom is 0.253 e. The van der Waals surface area contributed by atoms with E-state index in [1.807, 2.05) is 67.6 Å². The highest BCUT2D eigenvalue weighted by atomic mass is 35.5. The van der Waals surface area contributed by atoms with Gasteiger partial charge >= 0.3 is 0 Å². The Morgan fingerprint density at radius 1 is 1.17 bits per heavy atom. The Balaban J connectivity index is 1.71. The van der Waals surface area contributed by atoms with Crippen molar-refractivity contribution in [3.8, 4) is 0 Å². The first-order valence-corrected chi connectivity index (χ1v) is 10.3. The van der Waals surface area contributed by atoms with Crippen molar-refractivity contribution >= 4 is 50.3 Å². The van der Waals surface area contributed by atoms with Crippen molar-refractivity contribution < 1.29 is 4.79 Å². The van der Waals surface area contributed by atoms with Gasteiger partial charge in [0.2, 0.25) is 0 Å². The summed E-state index contributed by atoms with van der Waals surface area (Å²) in [7, 11) is 0. The van der Waals surface area contributed by atoms with Gasteiger partial charge in [-0.05, 0) is 47.9 Å². The molecule has 0 radical (unpaired) electrons. The van der Waals surface area contributed by atoms with Crippen LogP contribution in [0.4, 0.5) is 5.13 Å². The number of pyridine rings is 1. The van der Waals surface area contributed by atoms with Gasteiger partial charge in [-0.1, -0.05) is 59.3 Å². The number of amides is 1. The van der Waals surface area contributed by atoms with Gasteiger partial charge in [-0.2, -0.15) is 0 Å². The Morgan fingerprint density at radius 2 is 2.00 bits per heavy atom. The van der Waals surface area contributed by atoms with E-state index < -0.39 is 0 Å². The first-order valence-electron chi connectivity index (χ1n) is 9.10. The van der Waals surface area contributed by atoms with Crippen molar-refractivity contribution in [1.82, 2.24) is 9.97 Å². The smallest absolute Gasteiger partial charge is 0.253 e. The number of hydrogen-bond donors (Lipinski definition) is 0. The lowest BCUT2D eigenvalue weighted by Crippen LogP contribution is -2.28. The standard InChI is InChI=1S/C23H18ClN3OS/c1-16-12-19(24)13-20-22(16)26-23(29-20)27(15-18-8-5-11-25-14-18)21(28)10-9-17-6-3-2-4-7-17/h2-14H,15H2,1H3/b10-9+. The topological polar surface area (TPSA) is 46.1 Å². The minimum atomic E-state index is -0.138. The Hall–Kier alpha value is -3.02. The van der Waals surface area contributed by atoms with Gasteiger partial charge in [0.25, 0.3) is 5.91 Å². The molecule has 2 aromatic heterocycles. The molecule has 4 rings (SSSR count). The van der Waals surface area contributed by atoms with Crippen LogP contribution < -0.4 is 4.90 Å². The highest BCUT2D eigenvalue weighted by Crippen LogP contribution is 2.33. The van der Waals surface area contributed by atoms with Crippen LogP contribution >= 0.6 is 22.9 Å². The molecule has 0 N–H and O–H groups in total. The second kappa shape index (κ2) is 8.55. The second-order valence-corrected chi connectivity index (χ2v) is 8.04. The number of fused-ring (bicyclic) bond motifs is 1. The molecule has 0 bridgehead atoms. The zero-order valence-corrected chi connectivity index (χ0v) is 17.3. The van der Waals surface area contributed by atoms with Crippen molar-refractivity contribution in [1.29, 1.82) is 0 Å². The Kier molecular flexibility index (Phi) is 5.69.